The van der Waals surface area contributed by atoms with Gasteiger partial charge in [-0.05, 0) is 38.4 Å². The van der Waals surface area contributed by atoms with Crippen LogP contribution in [0.2, 0.25) is 0 Å². The Kier molecular flexibility index (Phi) is 4.14. The Hall–Kier alpha value is -0.710. The summed E-state index contributed by atoms with van der Waals surface area (Å²) in [4.78, 5) is 26.7. The predicted octanol–water partition coefficient (Wildman–Crippen LogP) is 1.64. The molecule has 0 aromatic carbocycles. The lowest BCUT2D eigenvalue weighted by atomic mass is 9.91. The van der Waals surface area contributed by atoms with Gasteiger partial charge in [-0.3, -0.25) is 9.59 Å². The molecule has 0 spiro atoms. The fourth-order valence-corrected chi connectivity index (χ4v) is 4.20. The number of carbonyl (C=O) groups is 2. The Balaban J connectivity index is 2.20. The number of hydrogen-bond acceptors (Lipinski definition) is 3. The summed E-state index contributed by atoms with van der Waals surface area (Å²) in [6.45, 7) is 8.30. The average Bonchev–Trinajstić information content (AvgIpc) is 2.77. The van der Waals surface area contributed by atoms with Crippen molar-refractivity contribution in [3.05, 3.63) is 0 Å². The lowest BCUT2D eigenvalue weighted by Crippen LogP contribution is -2.69. The molecule has 2 heterocycles. The van der Waals surface area contributed by atoms with E-state index >= 15 is 0 Å². The summed E-state index contributed by atoms with van der Waals surface area (Å²) in [5.41, 5.74) is -0.772. The van der Waals surface area contributed by atoms with Crippen molar-refractivity contribution in [3.8, 4) is 0 Å². The van der Waals surface area contributed by atoms with E-state index in [4.69, 9.17) is 0 Å². The smallest absolute Gasteiger partial charge is 0.248 e. The minimum atomic E-state index is -0.772. The molecule has 2 aliphatic heterocycles. The van der Waals surface area contributed by atoms with Gasteiger partial charge in [-0.1, -0.05) is 13.8 Å². The van der Waals surface area contributed by atoms with Gasteiger partial charge in [0.25, 0.3) is 0 Å². The first-order valence-corrected chi connectivity index (χ1v) is 8.12. The SMILES string of the molecule is CC(C)C1C(=O)NC(C)(C)C(=O)N1CC1CCCS1. The van der Waals surface area contributed by atoms with Crippen LogP contribution in [0.5, 0.6) is 0 Å². The summed E-state index contributed by atoms with van der Waals surface area (Å²) in [5, 5.41) is 3.35. The topological polar surface area (TPSA) is 49.4 Å². The zero-order chi connectivity index (χ0) is 14.2. The second-order valence-electron chi connectivity index (χ2n) is 6.40. The molecule has 108 valence electrons. The van der Waals surface area contributed by atoms with Gasteiger partial charge in [0.1, 0.15) is 11.6 Å². The molecule has 2 saturated heterocycles. The second kappa shape index (κ2) is 5.35. The molecule has 0 radical (unpaired) electrons. The number of amides is 2. The van der Waals surface area contributed by atoms with Crippen LogP contribution < -0.4 is 5.32 Å². The lowest BCUT2D eigenvalue weighted by molar-refractivity contribution is -0.155. The minimum Gasteiger partial charge on any atom is -0.340 e. The molecule has 4 nitrogen and oxygen atoms in total. The number of carbonyl (C=O) groups excluding carboxylic acids is 2. The van der Waals surface area contributed by atoms with E-state index in [1.165, 1.54) is 12.2 Å². The molecule has 19 heavy (non-hydrogen) atoms. The molecule has 5 heteroatoms. The largest absolute Gasteiger partial charge is 0.340 e. The zero-order valence-corrected chi connectivity index (χ0v) is 13.0. The van der Waals surface area contributed by atoms with E-state index in [-0.39, 0.29) is 23.8 Å². The second-order valence-corrected chi connectivity index (χ2v) is 7.80. The van der Waals surface area contributed by atoms with Gasteiger partial charge in [0.05, 0.1) is 0 Å². The maximum atomic E-state index is 12.6. The molecule has 1 N–H and O–H groups in total. The van der Waals surface area contributed by atoms with Crippen molar-refractivity contribution in [2.75, 3.05) is 12.3 Å². The highest BCUT2D eigenvalue weighted by Gasteiger charge is 2.46. The van der Waals surface area contributed by atoms with Gasteiger partial charge in [0, 0.05) is 11.8 Å². The number of thioether (sulfide) groups is 1. The van der Waals surface area contributed by atoms with E-state index in [9.17, 15) is 9.59 Å². The summed E-state index contributed by atoms with van der Waals surface area (Å²) < 4.78 is 0. The van der Waals surface area contributed by atoms with Gasteiger partial charge in [-0.15, -0.1) is 0 Å². The molecule has 2 rings (SSSR count). The number of hydrogen-bond donors (Lipinski definition) is 1. The third-order valence-corrected chi connectivity index (χ3v) is 5.27. The summed E-state index contributed by atoms with van der Waals surface area (Å²) in [7, 11) is 0. The standard InChI is InChI=1S/C14H24N2O2S/c1-9(2)11-12(17)15-14(3,4)13(18)16(11)8-10-6-5-7-19-10/h9-11H,5-8H2,1-4H3,(H,15,17). The van der Waals surface area contributed by atoms with Crippen LogP contribution in [-0.2, 0) is 9.59 Å². The minimum absolute atomic E-state index is 0.0115. The molecule has 2 atom stereocenters. The Morgan fingerprint density at radius 2 is 2.11 bits per heavy atom. The fraction of sp³-hybridized carbons (Fsp3) is 0.857. The number of nitrogens with zero attached hydrogens (tertiary/aromatic N) is 1. The molecule has 2 aliphatic rings. The number of rotatable bonds is 3. The van der Waals surface area contributed by atoms with Crippen LogP contribution >= 0.6 is 11.8 Å². The molecular formula is C14H24N2O2S. The van der Waals surface area contributed by atoms with Gasteiger partial charge < -0.3 is 10.2 Å². The lowest BCUT2D eigenvalue weighted by Gasteiger charge is -2.45. The van der Waals surface area contributed by atoms with Gasteiger partial charge in [-0.25, -0.2) is 0 Å². The summed E-state index contributed by atoms with van der Waals surface area (Å²) in [6, 6.07) is -0.318. The molecule has 0 saturated carbocycles. The highest BCUT2D eigenvalue weighted by molar-refractivity contribution is 8.00. The number of piperazine rings is 1. The maximum Gasteiger partial charge on any atom is 0.248 e. The monoisotopic (exact) mass is 284 g/mol. The molecule has 2 unspecified atom stereocenters. The van der Waals surface area contributed by atoms with Gasteiger partial charge in [-0.2, -0.15) is 11.8 Å². The van der Waals surface area contributed by atoms with E-state index in [2.05, 4.69) is 5.32 Å². The van der Waals surface area contributed by atoms with Gasteiger partial charge in [0.15, 0.2) is 0 Å². The Labute approximate surface area is 119 Å². The molecule has 0 bridgehead atoms. The first kappa shape index (κ1) is 14.7. The predicted molar refractivity (Wildman–Crippen MR) is 78.0 cm³/mol. The molecule has 0 aromatic rings. The summed E-state index contributed by atoms with van der Waals surface area (Å²) in [6.07, 6.45) is 2.38. The van der Waals surface area contributed by atoms with Gasteiger partial charge >= 0.3 is 0 Å². The highest BCUT2D eigenvalue weighted by Crippen LogP contribution is 2.30. The third-order valence-electron chi connectivity index (χ3n) is 3.89. The average molecular weight is 284 g/mol. The van der Waals surface area contributed by atoms with Crippen molar-refractivity contribution >= 4 is 23.6 Å². The zero-order valence-electron chi connectivity index (χ0n) is 12.2. The molecular weight excluding hydrogens is 260 g/mol. The van der Waals surface area contributed by atoms with E-state index in [0.717, 1.165) is 6.42 Å². The van der Waals surface area contributed by atoms with Crippen molar-refractivity contribution in [2.24, 2.45) is 5.92 Å². The van der Waals surface area contributed by atoms with Crippen LogP contribution in [-0.4, -0.2) is 45.8 Å². The van der Waals surface area contributed by atoms with Crippen LogP contribution in [0.25, 0.3) is 0 Å². The van der Waals surface area contributed by atoms with E-state index in [1.54, 1.807) is 13.8 Å². The summed E-state index contributed by atoms with van der Waals surface area (Å²) in [5.74, 6) is 1.36. The van der Waals surface area contributed by atoms with Gasteiger partial charge in [0.2, 0.25) is 11.8 Å². The van der Waals surface area contributed by atoms with Crippen molar-refractivity contribution in [2.45, 2.75) is 57.4 Å². The highest BCUT2D eigenvalue weighted by atomic mass is 32.2. The molecule has 0 aliphatic carbocycles. The Morgan fingerprint density at radius 3 is 2.63 bits per heavy atom. The summed E-state index contributed by atoms with van der Waals surface area (Å²) >= 11 is 1.93. The molecule has 2 amide bonds. The maximum absolute atomic E-state index is 12.6. The Morgan fingerprint density at radius 1 is 1.42 bits per heavy atom. The van der Waals surface area contributed by atoms with Crippen LogP contribution in [0.1, 0.15) is 40.5 Å². The quantitative estimate of drug-likeness (QED) is 0.857. The van der Waals surface area contributed by atoms with Crippen molar-refractivity contribution in [1.82, 2.24) is 10.2 Å². The fourth-order valence-electron chi connectivity index (χ4n) is 2.93. The normalized spacial score (nSPS) is 30.9. The van der Waals surface area contributed by atoms with Crippen molar-refractivity contribution in [3.63, 3.8) is 0 Å². The van der Waals surface area contributed by atoms with E-state index < -0.39 is 5.54 Å². The van der Waals surface area contributed by atoms with Crippen molar-refractivity contribution in [1.29, 1.82) is 0 Å². The van der Waals surface area contributed by atoms with Crippen molar-refractivity contribution < 1.29 is 9.59 Å². The first-order valence-electron chi connectivity index (χ1n) is 7.07. The first-order chi connectivity index (χ1) is 8.83. The Bertz CT molecular complexity index is 376. The van der Waals surface area contributed by atoms with Crippen LogP contribution in [0.4, 0.5) is 0 Å². The van der Waals surface area contributed by atoms with E-state index in [1.807, 2.05) is 30.5 Å². The molecule has 2 fully saturated rings. The van der Waals surface area contributed by atoms with E-state index in [0.29, 0.717) is 11.8 Å². The van der Waals surface area contributed by atoms with Crippen LogP contribution in [0.3, 0.4) is 0 Å². The molecule has 0 aromatic heterocycles. The third kappa shape index (κ3) is 2.91. The van der Waals surface area contributed by atoms with Crippen LogP contribution in [0, 0.1) is 5.92 Å². The number of nitrogens with one attached hydrogen (secondary N) is 1. The van der Waals surface area contributed by atoms with Crippen LogP contribution in [0.15, 0.2) is 0 Å².